The minimum absolute atomic E-state index is 0.257. The number of para-hydroxylation sites is 2. The molecule has 0 aliphatic rings. The van der Waals surface area contributed by atoms with E-state index in [1.165, 1.54) is 0 Å². The minimum atomic E-state index is 0.257. The van der Waals surface area contributed by atoms with Crippen LogP contribution in [0.15, 0.2) is 72.8 Å². The molecule has 4 rings (SSSR count). The maximum Gasteiger partial charge on any atom is 0.129 e. The number of pyridine rings is 2. The van der Waals surface area contributed by atoms with E-state index in [2.05, 4.69) is 27.4 Å². The molecule has 0 spiro atoms. The van der Waals surface area contributed by atoms with Crippen molar-refractivity contribution in [1.82, 2.24) is 9.97 Å². The van der Waals surface area contributed by atoms with Crippen LogP contribution < -0.4 is 5.32 Å². The summed E-state index contributed by atoms with van der Waals surface area (Å²) in [6, 6.07) is 23.8. The Kier molecular flexibility index (Phi) is 6.97. The number of halogens is 1. The summed E-state index contributed by atoms with van der Waals surface area (Å²) < 4.78 is 0. The Labute approximate surface area is 163 Å². The SMILES string of the molecule is Clc1ccc2ccccc2n1.OCCCCNc1ccc2ccccc2n1. The zero-order valence-corrected chi connectivity index (χ0v) is 15.7. The molecule has 0 aliphatic carbocycles. The molecule has 2 N–H and O–H groups in total. The van der Waals surface area contributed by atoms with E-state index in [9.17, 15) is 0 Å². The quantitative estimate of drug-likeness (QED) is 0.364. The largest absolute Gasteiger partial charge is 0.396 e. The highest BCUT2D eigenvalue weighted by atomic mass is 35.5. The van der Waals surface area contributed by atoms with E-state index >= 15 is 0 Å². The molecule has 0 saturated heterocycles. The van der Waals surface area contributed by atoms with Gasteiger partial charge in [-0.1, -0.05) is 48.0 Å². The molecule has 0 aliphatic heterocycles. The third-order valence-corrected chi connectivity index (χ3v) is 4.26. The molecule has 27 heavy (non-hydrogen) atoms. The van der Waals surface area contributed by atoms with Gasteiger partial charge in [-0.3, -0.25) is 0 Å². The molecule has 4 nitrogen and oxygen atoms in total. The number of unbranched alkanes of at least 4 members (excludes halogenated alkanes) is 1. The molecule has 4 aromatic rings. The average molecular weight is 380 g/mol. The lowest BCUT2D eigenvalue weighted by atomic mass is 10.2. The standard InChI is InChI=1S/C13H16N2O.C9H6ClN/c16-10-4-3-9-14-13-8-7-11-5-1-2-6-12(11)15-13;10-9-6-5-7-3-1-2-4-8(7)11-9/h1-2,5-8,16H,3-4,9-10H2,(H,14,15);1-6H. The van der Waals surface area contributed by atoms with Crippen molar-refractivity contribution in [2.75, 3.05) is 18.5 Å². The molecular weight excluding hydrogens is 358 g/mol. The van der Waals surface area contributed by atoms with Gasteiger partial charge in [-0.05, 0) is 49.2 Å². The van der Waals surface area contributed by atoms with Gasteiger partial charge in [0.05, 0.1) is 11.0 Å². The molecule has 0 saturated carbocycles. The van der Waals surface area contributed by atoms with E-state index in [1.54, 1.807) is 6.07 Å². The monoisotopic (exact) mass is 379 g/mol. The molecule has 5 heteroatoms. The van der Waals surface area contributed by atoms with Gasteiger partial charge in [-0.2, -0.15) is 0 Å². The smallest absolute Gasteiger partial charge is 0.129 e. The van der Waals surface area contributed by atoms with E-state index in [4.69, 9.17) is 16.7 Å². The Morgan fingerprint density at radius 2 is 1.37 bits per heavy atom. The number of aliphatic hydroxyl groups is 1. The van der Waals surface area contributed by atoms with E-state index in [0.717, 1.165) is 47.0 Å². The number of rotatable bonds is 5. The second-order valence-corrected chi connectivity index (χ2v) is 6.46. The van der Waals surface area contributed by atoms with E-state index < -0.39 is 0 Å². The second kappa shape index (κ2) is 9.86. The molecule has 0 atom stereocenters. The third kappa shape index (κ3) is 5.64. The Balaban J connectivity index is 0.000000166. The summed E-state index contributed by atoms with van der Waals surface area (Å²) >= 11 is 5.71. The maximum absolute atomic E-state index is 8.66. The Hall–Kier alpha value is -2.69. The first kappa shape index (κ1) is 19.1. The van der Waals surface area contributed by atoms with Crippen LogP contribution >= 0.6 is 11.6 Å². The molecule has 0 bridgehead atoms. The molecule has 0 radical (unpaired) electrons. The fourth-order valence-corrected chi connectivity index (χ4v) is 2.81. The zero-order valence-electron chi connectivity index (χ0n) is 15.0. The van der Waals surface area contributed by atoms with Gasteiger partial charge in [0.25, 0.3) is 0 Å². The van der Waals surface area contributed by atoms with Crippen molar-refractivity contribution in [2.45, 2.75) is 12.8 Å². The predicted octanol–water partition coefficient (Wildman–Crippen LogP) is 5.31. The molecule has 0 fully saturated rings. The van der Waals surface area contributed by atoms with Crippen molar-refractivity contribution in [3.63, 3.8) is 0 Å². The van der Waals surface area contributed by atoms with Crippen LogP contribution in [-0.2, 0) is 0 Å². The predicted molar refractivity (Wildman–Crippen MR) is 113 cm³/mol. The number of benzene rings is 2. The first-order valence-electron chi connectivity index (χ1n) is 8.98. The van der Waals surface area contributed by atoms with Crippen LogP contribution in [-0.4, -0.2) is 28.2 Å². The van der Waals surface area contributed by atoms with Crippen molar-refractivity contribution < 1.29 is 5.11 Å². The van der Waals surface area contributed by atoms with Gasteiger partial charge in [-0.25, -0.2) is 9.97 Å². The van der Waals surface area contributed by atoms with Crippen LogP contribution in [0.3, 0.4) is 0 Å². The van der Waals surface area contributed by atoms with Gasteiger partial charge in [0.1, 0.15) is 11.0 Å². The lowest BCUT2D eigenvalue weighted by molar-refractivity contribution is 0.286. The minimum Gasteiger partial charge on any atom is -0.396 e. The van der Waals surface area contributed by atoms with E-state index in [-0.39, 0.29) is 6.61 Å². The van der Waals surface area contributed by atoms with Gasteiger partial charge in [0.2, 0.25) is 0 Å². The fraction of sp³-hybridized carbons (Fsp3) is 0.182. The van der Waals surface area contributed by atoms with Gasteiger partial charge in [-0.15, -0.1) is 0 Å². The lowest BCUT2D eigenvalue weighted by Crippen LogP contribution is -2.03. The number of aliphatic hydroxyl groups excluding tert-OH is 1. The van der Waals surface area contributed by atoms with Gasteiger partial charge in [0.15, 0.2) is 0 Å². The Morgan fingerprint density at radius 3 is 2.07 bits per heavy atom. The molecular formula is C22H22ClN3O. The molecule has 138 valence electrons. The van der Waals surface area contributed by atoms with Crippen LogP contribution in [0.25, 0.3) is 21.8 Å². The van der Waals surface area contributed by atoms with Crippen LogP contribution in [0.1, 0.15) is 12.8 Å². The second-order valence-electron chi connectivity index (χ2n) is 6.07. The number of nitrogens with one attached hydrogen (secondary N) is 1. The first-order valence-corrected chi connectivity index (χ1v) is 9.36. The summed E-state index contributed by atoms with van der Waals surface area (Å²) in [5.41, 5.74) is 1.95. The highest BCUT2D eigenvalue weighted by Crippen LogP contribution is 2.15. The number of hydrogen-bond donors (Lipinski definition) is 2. The van der Waals surface area contributed by atoms with Gasteiger partial charge >= 0.3 is 0 Å². The molecule has 2 aromatic carbocycles. The summed E-state index contributed by atoms with van der Waals surface area (Å²) in [4.78, 5) is 8.64. The van der Waals surface area contributed by atoms with Crippen molar-refractivity contribution in [3.05, 3.63) is 77.9 Å². The highest BCUT2D eigenvalue weighted by Gasteiger charge is 1.96. The normalized spacial score (nSPS) is 10.4. The van der Waals surface area contributed by atoms with Gasteiger partial charge < -0.3 is 10.4 Å². The van der Waals surface area contributed by atoms with Crippen molar-refractivity contribution in [1.29, 1.82) is 0 Å². The fourth-order valence-electron chi connectivity index (χ4n) is 2.66. The summed E-state index contributed by atoms with van der Waals surface area (Å²) in [5.74, 6) is 0.900. The molecule has 2 heterocycles. The van der Waals surface area contributed by atoms with Crippen molar-refractivity contribution in [3.8, 4) is 0 Å². The number of nitrogens with zero attached hydrogens (tertiary/aromatic N) is 2. The number of hydrogen-bond acceptors (Lipinski definition) is 4. The summed E-state index contributed by atoms with van der Waals surface area (Å²) in [6.07, 6.45) is 1.80. The van der Waals surface area contributed by atoms with Crippen molar-refractivity contribution >= 4 is 39.2 Å². The number of fused-ring (bicyclic) bond motifs is 2. The topological polar surface area (TPSA) is 58.0 Å². The van der Waals surface area contributed by atoms with Gasteiger partial charge in [0, 0.05) is 23.9 Å². The van der Waals surface area contributed by atoms with Crippen LogP contribution in [0, 0.1) is 0 Å². The third-order valence-electron chi connectivity index (χ3n) is 4.05. The number of aromatic nitrogens is 2. The maximum atomic E-state index is 8.66. The number of anilines is 1. The molecule has 2 aromatic heterocycles. The van der Waals surface area contributed by atoms with Crippen molar-refractivity contribution in [2.24, 2.45) is 0 Å². The van der Waals surface area contributed by atoms with E-state index in [0.29, 0.717) is 5.15 Å². The summed E-state index contributed by atoms with van der Waals surface area (Å²) in [5, 5.41) is 14.7. The lowest BCUT2D eigenvalue weighted by Gasteiger charge is -2.05. The first-order chi connectivity index (χ1) is 13.3. The summed E-state index contributed by atoms with van der Waals surface area (Å²) in [6.45, 7) is 1.11. The van der Waals surface area contributed by atoms with Crippen LogP contribution in [0.5, 0.6) is 0 Å². The molecule has 0 amide bonds. The summed E-state index contributed by atoms with van der Waals surface area (Å²) in [7, 11) is 0. The Bertz CT molecular complexity index is 1010. The Morgan fingerprint density at radius 1 is 0.741 bits per heavy atom. The molecule has 0 unspecified atom stereocenters. The zero-order chi connectivity index (χ0) is 18.9. The average Bonchev–Trinajstić information content (AvgIpc) is 2.71. The van der Waals surface area contributed by atoms with Crippen LogP contribution in [0.2, 0.25) is 5.15 Å². The van der Waals surface area contributed by atoms with Crippen LogP contribution in [0.4, 0.5) is 5.82 Å². The highest BCUT2D eigenvalue weighted by molar-refractivity contribution is 6.29. The van der Waals surface area contributed by atoms with E-state index in [1.807, 2.05) is 54.6 Å².